The van der Waals surface area contributed by atoms with Crippen LogP contribution in [0.4, 0.5) is 0 Å². The first-order chi connectivity index (χ1) is 5.75. The van der Waals surface area contributed by atoms with E-state index in [-0.39, 0.29) is 0 Å². The van der Waals surface area contributed by atoms with E-state index in [1.807, 2.05) is 6.07 Å². The zero-order chi connectivity index (χ0) is 8.97. The maximum atomic E-state index is 4.54. The van der Waals surface area contributed by atoms with Crippen LogP contribution in [0.2, 0.25) is 0 Å². The van der Waals surface area contributed by atoms with Gasteiger partial charge in [0, 0.05) is 9.72 Å². The normalized spacial score (nSPS) is 12.9. The molecule has 2 heteroatoms. The van der Waals surface area contributed by atoms with Crippen molar-refractivity contribution >= 4 is 28.6 Å². The summed E-state index contributed by atoms with van der Waals surface area (Å²) in [6, 6.07) is 8.27. The van der Waals surface area contributed by atoms with Crippen molar-refractivity contribution in [2.45, 2.75) is 25.0 Å². The summed E-state index contributed by atoms with van der Waals surface area (Å²) in [5.41, 5.74) is 1.29. The quantitative estimate of drug-likeness (QED) is 0.757. The lowest BCUT2D eigenvalue weighted by Gasteiger charge is -2.10. The molecule has 0 aliphatic rings. The predicted octanol–water partition coefficient (Wildman–Crippen LogP) is 4.22. The number of hydrogen-bond donors (Lipinski definition) is 1. The standard InChI is InChI=1S/C10H13BrS/c1-2-5-10(12)8-6-3-4-7-9(8)11/h3-4,6-7,10,12H,2,5H2,1H3. The van der Waals surface area contributed by atoms with E-state index in [1.165, 1.54) is 16.5 Å². The van der Waals surface area contributed by atoms with Gasteiger partial charge in [0.25, 0.3) is 0 Å². The highest BCUT2D eigenvalue weighted by molar-refractivity contribution is 9.10. The smallest absolute Gasteiger partial charge is 0.0278 e. The zero-order valence-corrected chi connectivity index (χ0v) is 9.61. The summed E-state index contributed by atoms with van der Waals surface area (Å²) in [7, 11) is 0. The first kappa shape index (κ1) is 10.1. The molecule has 0 aliphatic carbocycles. The minimum Gasteiger partial charge on any atom is -0.171 e. The van der Waals surface area contributed by atoms with Crippen LogP contribution < -0.4 is 0 Å². The van der Waals surface area contributed by atoms with Crippen LogP contribution in [-0.2, 0) is 0 Å². The van der Waals surface area contributed by atoms with Gasteiger partial charge >= 0.3 is 0 Å². The molecule has 0 saturated carbocycles. The molecule has 0 fully saturated rings. The first-order valence-electron chi connectivity index (χ1n) is 4.18. The van der Waals surface area contributed by atoms with Crippen molar-refractivity contribution in [1.82, 2.24) is 0 Å². The Balaban J connectivity index is 2.79. The second-order valence-electron chi connectivity index (χ2n) is 2.83. The SMILES string of the molecule is CCCC(S)c1ccccc1Br. The molecule has 12 heavy (non-hydrogen) atoms. The Kier molecular flexibility index (Phi) is 4.16. The zero-order valence-electron chi connectivity index (χ0n) is 7.13. The molecule has 0 radical (unpaired) electrons. The van der Waals surface area contributed by atoms with Crippen LogP contribution in [0.1, 0.15) is 30.6 Å². The molecule has 0 amide bonds. The largest absolute Gasteiger partial charge is 0.171 e. The summed E-state index contributed by atoms with van der Waals surface area (Å²) in [5, 5.41) is 0.366. The predicted molar refractivity (Wildman–Crippen MR) is 60.8 cm³/mol. The average molecular weight is 245 g/mol. The minimum absolute atomic E-state index is 0.366. The Morgan fingerprint density at radius 2 is 2.08 bits per heavy atom. The summed E-state index contributed by atoms with van der Waals surface area (Å²) in [5.74, 6) is 0. The van der Waals surface area contributed by atoms with E-state index in [1.54, 1.807) is 0 Å². The fourth-order valence-electron chi connectivity index (χ4n) is 1.17. The maximum absolute atomic E-state index is 4.54. The molecule has 66 valence electrons. The fraction of sp³-hybridized carbons (Fsp3) is 0.400. The molecule has 0 bridgehead atoms. The van der Waals surface area contributed by atoms with Gasteiger partial charge in [-0.25, -0.2) is 0 Å². The maximum Gasteiger partial charge on any atom is 0.0278 e. The van der Waals surface area contributed by atoms with E-state index >= 15 is 0 Å². The lowest BCUT2D eigenvalue weighted by molar-refractivity contribution is 0.780. The van der Waals surface area contributed by atoms with E-state index < -0.39 is 0 Å². The van der Waals surface area contributed by atoms with Gasteiger partial charge in [-0.05, 0) is 18.1 Å². The van der Waals surface area contributed by atoms with Gasteiger partial charge in [-0.1, -0.05) is 47.5 Å². The molecule has 0 spiro atoms. The van der Waals surface area contributed by atoms with Gasteiger partial charge < -0.3 is 0 Å². The number of halogens is 1. The lowest BCUT2D eigenvalue weighted by Crippen LogP contribution is -1.90. The minimum atomic E-state index is 0.366. The lowest BCUT2D eigenvalue weighted by atomic mass is 10.1. The van der Waals surface area contributed by atoms with Gasteiger partial charge in [0.05, 0.1) is 0 Å². The monoisotopic (exact) mass is 244 g/mol. The number of hydrogen-bond acceptors (Lipinski definition) is 1. The third-order valence-electron chi connectivity index (χ3n) is 1.83. The molecular formula is C10H13BrS. The van der Waals surface area contributed by atoms with E-state index in [9.17, 15) is 0 Å². The Labute approximate surface area is 87.9 Å². The van der Waals surface area contributed by atoms with Gasteiger partial charge in [-0.15, -0.1) is 0 Å². The summed E-state index contributed by atoms with van der Waals surface area (Å²) in [6.45, 7) is 2.18. The molecule has 1 unspecified atom stereocenters. The van der Waals surface area contributed by atoms with Crippen LogP contribution in [0, 0.1) is 0 Å². The van der Waals surface area contributed by atoms with Crippen molar-refractivity contribution in [3.8, 4) is 0 Å². The van der Waals surface area contributed by atoms with Crippen molar-refractivity contribution in [1.29, 1.82) is 0 Å². The number of thiol groups is 1. The van der Waals surface area contributed by atoms with E-state index in [4.69, 9.17) is 0 Å². The summed E-state index contributed by atoms with van der Waals surface area (Å²) >= 11 is 8.06. The van der Waals surface area contributed by atoms with Gasteiger partial charge in [0.15, 0.2) is 0 Å². The topological polar surface area (TPSA) is 0 Å². The first-order valence-corrected chi connectivity index (χ1v) is 5.49. The molecule has 0 saturated heterocycles. The van der Waals surface area contributed by atoms with Crippen LogP contribution in [0.25, 0.3) is 0 Å². The molecular weight excluding hydrogens is 232 g/mol. The molecule has 0 heterocycles. The van der Waals surface area contributed by atoms with Gasteiger partial charge in [0.1, 0.15) is 0 Å². The van der Waals surface area contributed by atoms with Crippen LogP contribution in [0.15, 0.2) is 28.7 Å². The van der Waals surface area contributed by atoms with Gasteiger partial charge in [-0.2, -0.15) is 12.6 Å². The van der Waals surface area contributed by atoms with E-state index in [0.717, 1.165) is 6.42 Å². The molecule has 0 aliphatic heterocycles. The van der Waals surface area contributed by atoms with Crippen LogP contribution in [-0.4, -0.2) is 0 Å². The summed E-state index contributed by atoms with van der Waals surface area (Å²) in [6.07, 6.45) is 2.31. The Hall–Kier alpha value is 0.0500. The van der Waals surface area contributed by atoms with Crippen LogP contribution >= 0.6 is 28.6 Å². The van der Waals surface area contributed by atoms with Crippen molar-refractivity contribution in [2.24, 2.45) is 0 Å². The molecule has 1 aromatic rings. The fourth-order valence-corrected chi connectivity index (χ4v) is 2.40. The molecule has 1 aromatic carbocycles. The molecule has 0 N–H and O–H groups in total. The van der Waals surface area contributed by atoms with Crippen molar-refractivity contribution in [3.05, 3.63) is 34.3 Å². The third-order valence-corrected chi connectivity index (χ3v) is 3.08. The Morgan fingerprint density at radius 3 is 2.67 bits per heavy atom. The molecule has 1 atom stereocenters. The number of benzene rings is 1. The Bertz CT molecular complexity index is 247. The summed E-state index contributed by atoms with van der Waals surface area (Å²) in [4.78, 5) is 0. The average Bonchev–Trinajstić information content (AvgIpc) is 2.05. The van der Waals surface area contributed by atoms with Crippen molar-refractivity contribution in [2.75, 3.05) is 0 Å². The second kappa shape index (κ2) is 4.93. The molecule has 0 nitrogen and oxygen atoms in total. The highest BCUT2D eigenvalue weighted by Crippen LogP contribution is 2.30. The van der Waals surface area contributed by atoms with Crippen LogP contribution in [0.3, 0.4) is 0 Å². The van der Waals surface area contributed by atoms with Crippen LogP contribution in [0.5, 0.6) is 0 Å². The second-order valence-corrected chi connectivity index (χ2v) is 4.30. The highest BCUT2D eigenvalue weighted by Gasteiger charge is 2.07. The van der Waals surface area contributed by atoms with Crippen molar-refractivity contribution < 1.29 is 0 Å². The Morgan fingerprint density at radius 1 is 1.42 bits per heavy atom. The highest BCUT2D eigenvalue weighted by atomic mass is 79.9. The van der Waals surface area contributed by atoms with Gasteiger partial charge in [0.2, 0.25) is 0 Å². The summed E-state index contributed by atoms with van der Waals surface area (Å²) < 4.78 is 1.17. The van der Waals surface area contributed by atoms with E-state index in [2.05, 4.69) is 53.7 Å². The third kappa shape index (κ3) is 2.53. The van der Waals surface area contributed by atoms with Crippen molar-refractivity contribution in [3.63, 3.8) is 0 Å². The number of rotatable bonds is 3. The van der Waals surface area contributed by atoms with Gasteiger partial charge in [-0.3, -0.25) is 0 Å². The van der Waals surface area contributed by atoms with E-state index in [0.29, 0.717) is 5.25 Å². The molecule has 1 rings (SSSR count). The molecule has 0 aromatic heterocycles.